The van der Waals surface area contributed by atoms with Crippen LogP contribution in [0.3, 0.4) is 0 Å². The Hall–Kier alpha value is -1.29. The molecule has 0 saturated carbocycles. The van der Waals surface area contributed by atoms with Gasteiger partial charge in [-0.05, 0) is 17.9 Å². The molecule has 0 saturated heterocycles. The summed E-state index contributed by atoms with van der Waals surface area (Å²) in [5.41, 5.74) is 6.39. The molecule has 0 aromatic carbocycles. The molecule has 1 amide bonds. The van der Waals surface area contributed by atoms with Gasteiger partial charge in [0.05, 0.1) is 17.4 Å². The zero-order valence-electron chi connectivity index (χ0n) is 10.3. The Labute approximate surface area is 107 Å². The van der Waals surface area contributed by atoms with Crippen molar-refractivity contribution in [1.29, 1.82) is 0 Å². The van der Waals surface area contributed by atoms with Gasteiger partial charge in [0, 0.05) is 6.54 Å². The number of amides is 1. The minimum absolute atomic E-state index is 0.209. The summed E-state index contributed by atoms with van der Waals surface area (Å²) in [5, 5.41) is 3.11. The second kappa shape index (κ2) is 5.87. The second-order valence-corrected chi connectivity index (χ2v) is 4.91. The van der Waals surface area contributed by atoms with E-state index in [-0.39, 0.29) is 11.1 Å². The number of hydrogen-bond donors (Lipinski definition) is 2. The number of carbonyl (C=O) groups is 1. The summed E-state index contributed by atoms with van der Waals surface area (Å²) in [5.74, 6) is 0.727. The molecule has 1 aromatic rings. The lowest BCUT2D eigenvalue weighted by Crippen LogP contribution is -2.30. The molecule has 1 atom stereocenters. The number of halogens is 1. The van der Waals surface area contributed by atoms with E-state index in [9.17, 15) is 4.79 Å². The molecule has 1 rings (SSSR count). The van der Waals surface area contributed by atoms with Crippen LogP contribution in [0.15, 0.2) is 12.3 Å². The van der Waals surface area contributed by atoms with Crippen LogP contribution in [-0.4, -0.2) is 17.4 Å². The molecule has 0 radical (unpaired) electrons. The molecule has 0 aliphatic heterocycles. The van der Waals surface area contributed by atoms with Crippen LogP contribution in [0.5, 0.6) is 0 Å². The van der Waals surface area contributed by atoms with Crippen molar-refractivity contribution in [3.05, 3.63) is 23.0 Å². The number of anilines is 1. The lowest BCUT2D eigenvalue weighted by atomic mass is 9.98. The number of pyridine rings is 1. The molecular weight excluding hydrogens is 238 g/mol. The van der Waals surface area contributed by atoms with Crippen LogP contribution in [-0.2, 0) is 0 Å². The van der Waals surface area contributed by atoms with Crippen molar-refractivity contribution in [2.24, 2.45) is 11.8 Å². The van der Waals surface area contributed by atoms with Crippen LogP contribution in [0.1, 0.15) is 31.1 Å². The number of rotatable bonds is 4. The highest BCUT2D eigenvalue weighted by Gasteiger charge is 2.13. The van der Waals surface area contributed by atoms with E-state index in [1.165, 1.54) is 12.3 Å². The molecule has 0 bridgehead atoms. The number of nitrogens with two attached hydrogens (primary N) is 1. The summed E-state index contributed by atoms with van der Waals surface area (Å²) in [7, 11) is 0. The first kappa shape index (κ1) is 13.8. The fourth-order valence-corrected chi connectivity index (χ4v) is 1.38. The summed E-state index contributed by atoms with van der Waals surface area (Å²) in [4.78, 5) is 15.7. The van der Waals surface area contributed by atoms with Crippen LogP contribution in [0.4, 0.5) is 5.69 Å². The molecule has 5 heteroatoms. The lowest BCUT2D eigenvalue weighted by Gasteiger charge is -2.16. The third-order valence-electron chi connectivity index (χ3n) is 2.87. The highest BCUT2D eigenvalue weighted by molar-refractivity contribution is 6.29. The largest absolute Gasteiger partial charge is 0.397 e. The van der Waals surface area contributed by atoms with Crippen LogP contribution in [0, 0.1) is 11.8 Å². The Morgan fingerprint density at radius 3 is 2.76 bits per heavy atom. The quantitative estimate of drug-likeness (QED) is 0.812. The van der Waals surface area contributed by atoms with Crippen molar-refractivity contribution in [3.8, 4) is 0 Å². The van der Waals surface area contributed by atoms with E-state index in [0.29, 0.717) is 29.6 Å². The number of nitrogen functional groups attached to an aromatic ring is 1. The molecule has 1 aromatic heterocycles. The van der Waals surface area contributed by atoms with E-state index in [2.05, 4.69) is 31.1 Å². The summed E-state index contributed by atoms with van der Waals surface area (Å²) in [6.45, 7) is 6.95. The van der Waals surface area contributed by atoms with Gasteiger partial charge in [-0.1, -0.05) is 32.4 Å². The first-order chi connectivity index (χ1) is 7.91. The first-order valence-electron chi connectivity index (χ1n) is 5.61. The predicted molar refractivity (Wildman–Crippen MR) is 70.0 cm³/mol. The van der Waals surface area contributed by atoms with Gasteiger partial charge in [0.25, 0.3) is 5.91 Å². The minimum Gasteiger partial charge on any atom is -0.397 e. The molecule has 3 N–H and O–H groups in total. The number of aromatic nitrogens is 1. The lowest BCUT2D eigenvalue weighted by molar-refractivity contribution is 0.0945. The van der Waals surface area contributed by atoms with Crippen molar-refractivity contribution in [2.45, 2.75) is 20.8 Å². The van der Waals surface area contributed by atoms with Gasteiger partial charge < -0.3 is 11.1 Å². The van der Waals surface area contributed by atoms with E-state index in [1.807, 2.05) is 0 Å². The summed E-state index contributed by atoms with van der Waals surface area (Å²) in [6, 6.07) is 1.48. The summed E-state index contributed by atoms with van der Waals surface area (Å²) in [6.07, 6.45) is 1.39. The normalized spacial score (nSPS) is 12.5. The molecule has 1 heterocycles. The van der Waals surface area contributed by atoms with Crippen LogP contribution < -0.4 is 11.1 Å². The zero-order chi connectivity index (χ0) is 13.0. The fraction of sp³-hybridized carbons (Fsp3) is 0.500. The molecule has 0 aliphatic carbocycles. The summed E-state index contributed by atoms with van der Waals surface area (Å²) >= 11 is 5.73. The standard InChI is InChI=1S/C12H18ClN3O/c1-7(2)8(3)5-16-12(17)9-4-11(13)15-6-10(9)14/h4,6-8H,5,14H2,1-3H3,(H,16,17). The number of carbonyl (C=O) groups excluding carboxylic acids is 1. The Balaban J connectivity index is 2.67. The monoisotopic (exact) mass is 255 g/mol. The number of nitrogens with zero attached hydrogens (tertiary/aromatic N) is 1. The van der Waals surface area contributed by atoms with Crippen molar-refractivity contribution in [2.75, 3.05) is 12.3 Å². The summed E-state index contributed by atoms with van der Waals surface area (Å²) < 4.78 is 0. The van der Waals surface area contributed by atoms with Crippen molar-refractivity contribution in [3.63, 3.8) is 0 Å². The van der Waals surface area contributed by atoms with Gasteiger partial charge in [-0.25, -0.2) is 4.98 Å². The predicted octanol–water partition coefficient (Wildman–Crippen LogP) is 2.34. The number of hydrogen-bond acceptors (Lipinski definition) is 3. The average Bonchev–Trinajstić information content (AvgIpc) is 2.28. The van der Waals surface area contributed by atoms with E-state index in [4.69, 9.17) is 17.3 Å². The van der Waals surface area contributed by atoms with Crippen LogP contribution in [0.2, 0.25) is 5.15 Å². The Kier molecular flexibility index (Phi) is 4.75. The van der Waals surface area contributed by atoms with E-state index in [1.54, 1.807) is 0 Å². The van der Waals surface area contributed by atoms with E-state index >= 15 is 0 Å². The average molecular weight is 256 g/mol. The van der Waals surface area contributed by atoms with Gasteiger partial charge in [-0.15, -0.1) is 0 Å². The number of nitrogens with one attached hydrogen (secondary N) is 1. The molecule has 17 heavy (non-hydrogen) atoms. The topological polar surface area (TPSA) is 68.0 Å². The Morgan fingerprint density at radius 2 is 2.18 bits per heavy atom. The van der Waals surface area contributed by atoms with Gasteiger partial charge in [0.2, 0.25) is 0 Å². The maximum Gasteiger partial charge on any atom is 0.253 e. The molecular formula is C12H18ClN3O. The molecule has 4 nitrogen and oxygen atoms in total. The van der Waals surface area contributed by atoms with Crippen molar-refractivity contribution >= 4 is 23.2 Å². The van der Waals surface area contributed by atoms with Gasteiger partial charge in [0.15, 0.2) is 0 Å². The Morgan fingerprint density at radius 1 is 1.53 bits per heavy atom. The molecule has 0 aliphatic rings. The third kappa shape index (κ3) is 3.89. The van der Waals surface area contributed by atoms with Crippen LogP contribution in [0.25, 0.3) is 0 Å². The second-order valence-electron chi connectivity index (χ2n) is 4.53. The van der Waals surface area contributed by atoms with E-state index < -0.39 is 0 Å². The molecule has 0 fully saturated rings. The highest BCUT2D eigenvalue weighted by atomic mass is 35.5. The smallest absolute Gasteiger partial charge is 0.253 e. The van der Waals surface area contributed by atoms with E-state index in [0.717, 1.165) is 0 Å². The maximum absolute atomic E-state index is 11.9. The molecule has 1 unspecified atom stereocenters. The molecule has 94 valence electrons. The van der Waals surface area contributed by atoms with Gasteiger partial charge in [-0.3, -0.25) is 4.79 Å². The van der Waals surface area contributed by atoms with Crippen LogP contribution >= 0.6 is 11.6 Å². The zero-order valence-corrected chi connectivity index (χ0v) is 11.1. The molecule has 0 spiro atoms. The third-order valence-corrected chi connectivity index (χ3v) is 3.08. The SMILES string of the molecule is CC(C)C(C)CNC(=O)c1cc(Cl)ncc1N. The van der Waals surface area contributed by atoms with Gasteiger partial charge >= 0.3 is 0 Å². The van der Waals surface area contributed by atoms with Gasteiger partial charge in [-0.2, -0.15) is 0 Å². The Bertz CT molecular complexity index is 407. The van der Waals surface area contributed by atoms with Gasteiger partial charge in [0.1, 0.15) is 5.15 Å². The van der Waals surface area contributed by atoms with Crippen molar-refractivity contribution < 1.29 is 4.79 Å². The first-order valence-corrected chi connectivity index (χ1v) is 5.98. The maximum atomic E-state index is 11.9. The minimum atomic E-state index is -0.209. The fourth-order valence-electron chi connectivity index (χ4n) is 1.22. The van der Waals surface area contributed by atoms with Crippen molar-refractivity contribution in [1.82, 2.24) is 10.3 Å². The highest BCUT2D eigenvalue weighted by Crippen LogP contribution is 2.15.